The largest absolute Gasteiger partial charge is 0.393 e. The number of hydrogen-bond acceptors (Lipinski definition) is 4. The molecule has 2 N–H and O–H groups in total. The standard InChI is InChI=1S/C11H21BrN4O/c1-14-9-10(12)11(13)16(5-4-8-17)7-6-15(2)3/h8-9,13-14H,4-7H2,1-3H3/b10-9+,13-11?. The highest BCUT2D eigenvalue weighted by Crippen LogP contribution is 2.09. The number of amidine groups is 1. The first-order chi connectivity index (χ1) is 8.02. The molecule has 0 spiro atoms. The molecule has 0 unspecified atom stereocenters. The van der Waals surface area contributed by atoms with E-state index in [2.05, 4.69) is 26.1 Å². The molecule has 0 aliphatic heterocycles. The van der Waals surface area contributed by atoms with Gasteiger partial charge in [-0.2, -0.15) is 0 Å². The molecule has 0 rings (SSSR count). The zero-order chi connectivity index (χ0) is 13.3. The van der Waals surface area contributed by atoms with Crippen molar-refractivity contribution < 1.29 is 4.79 Å². The molecule has 98 valence electrons. The van der Waals surface area contributed by atoms with Crippen LogP contribution in [0, 0.1) is 5.41 Å². The Balaban J connectivity index is 4.48. The average Bonchev–Trinajstić information content (AvgIpc) is 2.28. The van der Waals surface area contributed by atoms with E-state index in [0.29, 0.717) is 23.3 Å². The molecule has 0 aromatic heterocycles. The number of nitrogens with one attached hydrogen (secondary N) is 2. The highest BCUT2D eigenvalue weighted by Gasteiger charge is 2.12. The van der Waals surface area contributed by atoms with Crippen molar-refractivity contribution in [3.8, 4) is 0 Å². The van der Waals surface area contributed by atoms with E-state index in [1.54, 1.807) is 13.2 Å². The van der Waals surface area contributed by atoms with E-state index in [1.165, 1.54) is 0 Å². The van der Waals surface area contributed by atoms with E-state index in [9.17, 15) is 4.79 Å². The summed E-state index contributed by atoms with van der Waals surface area (Å²) in [7, 11) is 5.75. The summed E-state index contributed by atoms with van der Waals surface area (Å²) in [5.74, 6) is 0.392. The normalized spacial score (nSPS) is 11.5. The van der Waals surface area contributed by atoms with Gasteiger partial charge in [-0.25, -0.2) is 0 Å². The van der Waals surface area contributed by atoms with E-state index in [1.807, 2.05) is 19.0 Å². The summed E-state index contributed by atoms with van der Waals surface area (Å²) in [5.41, 5.74) is 0. The number of aldehydes is 1. The molecule has 0 aliphatic rings. The topological polar surface area (TPSA) is 59.4 Å². The van der Waals surface area contributed by atoms with Crippen LogP contribution in [0.5, 0.6) is 0 Å². The summed E-state index contributed by atoms with van der Waals surface area (Å²) in [6.45, 7) is 2.15. The summed E-state index contributed by atoms with van der Waals surface area (Å²) in [5, 5.41) is 10.9. The van der Waals surface area contributed by atoms with Crippen LogP contribution in [0.3, 0.4) is 0 Å². The molecular formula is C11H21BrN4O. The Kier molecular flexibility index (Phi) is 8.71. The van der Waals surface area contributed by atoms with E-state index in [-0.39, 0.29) is 0 Å². The van der Waals surface area contributed by atoms with Crippen LogP contribution in [0.2, 0.25) is 0 Å². The van der Waals surface area contributed by atoms with Gasteiger partial charge in [-0.3, -0.25) is 5.41 Å². The van der Waals surface area contributed by atoms with Gasteiger partial charge >= 0.3 is 0 Å². The van der Waals surface area contributed by atoms with Crippen LogP contribution in [0.25, 0.3) is 0 Å². The molecule has 0 fully saturated rings. The molecule has 5 nitrogen and oxygen atoms in total. The molecule has 0 heterocycles. The average molecular weight is 305 g/mol. The molecule has 17 heavy (non-hydrogen) atoms. The first-order valence-corrected chi connectivity index (χ1v) is 6.27. The molecule has 0 aromatic rings. The van der Waals surface area contributed by atoms with Crippen LogP contribution in [-0.4, -0.2) is 62.7 Å². The van der Waals surface area contributed by atoms with Gasteiger partial charge in [0.25, 0.3) is 0 Å². The minimum absolute atomic E-state index is 0.392. The van der Waals surface area contributed by atoms with Crippen molar-refractivity contribution in [2.24, 2.45) is 0 Å². The zero-order valence-electron chi connectivity index (χ0n) is 10.7. The first kappa shape index (κ1) is 16.1. The Morgan fingerprint density at radius 2 is 2.00 bits per heavy atom. The van der Waals surface area contributed by atoms with Crippen LogP contribution >= 0.6 is 15.9 Å². The van der Waals surface area contributed by atoms with Gasteiger partial charge in [0.05, 0.1) is 4.48 Å². The molecule has 0 saturated heterocycles. The van der Waals surface area contributed by atoms with Crippen LogP contribution in [-0.2, 0) is 4.79 Å². The Morgan fingerprint density at radius 3 is 2.47 bits per heavy atom. The van der Waals surface area contributed by atoms with Crippen LogP contribution in [0.15, 0.2) is 10.7 Å². The van der Waals surface area contributed by atoms with E-state index < -0.39 is 0 Å². The van der Waals surface area contributed by atoms with Gasteiger partial charge in [-0.1, -0.05) is 0 Å². The number of carbonyl (C=O) groups excluding carboxylic acids is 1. The molecule has 0 aromatic carbocycles. The van der Waals surface area contributed by atoms with E-state index >= 15 is 0 Å². The van der Waals surface area contributed by atoms with Crippen molar-refractivity contribution in [2.45, 2.75) is 6.42 Å². The fourth-order valence-corrected chi connectivity index (χ4v) is 1.69. The van der Waals surface area contributed by atoms with E-state index in [0.717, 1.165) is 19.4 Å². The van der Waals surface area contributed by atoms with Gasteiger partial charge < -0.3 is 19.9 Å². The lowest BCUT2D eigenvalue weighted by Gasteiger charge is -2.25. The number of halogens is 1. The minimum Gasteiger partial charge on any atom is -0.393 e. The van der Waals surface area contributed by atoms with Crippen molar-refractivity contribution >= 4 is 28.1 Å². The highest BCUT2D eigenvalue weighted by atomic mass is 79.9. The molecule has 0 amide bonds. The minimum atomic E-state index is 0.392. The maximum atomic E-state index is 10.4. The lowest BCUT2D eigenvalue weighted by atomic mass is 10.3. The Bertz CT molecular complexity index is 279. The first-order valence-electron chi connectivity index (χ1n) is 5.48. The fourth-order valence-electron chi connectivity index (χ4n) is 1.21. The molecule has 0 atom stereocenters. The quantitative estimate of drug-likeness (QED) is 0.397. The summed E-state index contributed by atoms with van der Waals surface area (Å²) in [4.78, 5) is 14.4. The Hall–Kier alpha value is -0.880. The predicted octanol–water partition coefficient (Wildman–Crippen LogP) is 0.872. The van der Waals surface area contributed by atoms with Crippen LogP contribution in [0.1, 0.15) is 6.42 Å². The fraction of sp³-hybridized carbons (Fsp3) is 0.636. The second-order valence-electron chi connectivity index (χ2n) is 3.88. The maximum absolute atomic E-state index is 10.4. The molecule has 0 radical (unpaired) electrons. The highest BCUT2D eigenvalue weighted by molar-refractivity contribution is 9.12. The summed E-state index contributed by atoms with van der Waals surface area (Å²) in [6.07, 6.45) is 3.03. The number of nitrogens with zero attached hydrogens (tertiary/aromatic N) is 2. The lowest BCUT2D eigenvalue weighted by molar-refractivity contribution is -0.108. The smallest absolute Gasteiger partial charge is 0.136 e. The van der Waals surface area contributed by atoms with Gasteiger partial charge in [0.1, 0.15) is 12.1 Å². The third-order valence-corrected chi connectivity index (χ3v) is 2.75. The predicted molar refractivity (Wildman–Crippen MR) is 74.6 cm³/mol. The molecule has 0 saturated carbocycles. The number of rotatable bonds is 8. The van der Waals surface area contributed by atoms with Gasteiger partial charge in [0.2, 0.25) is 0 Å². The van der Waals surface area contributed by atoms with Gasteiger partial charge in [-0.15, -0.1) is 0 Å². The molecular weight excluding hydrogens is 284 g/mol. The number of hydrogen-bond donors (Lipinski definition) is 2. The lowest BCUT2D eigenvalue weighted by Crippen LogP contribution is -2.37. The third-order valence-electron chi connectivity index (χ3n) is 2.15. The van der Waals surface area contributed by atoms with Crippen LogP contribution < -0.4 is 5.32 Å². The molecule has 6 heteroatoms. The summed E-state index contributed by atoms with van der Waals surface area (Å²) >= 11 is 3.33. The van der Waals surface area contributed by atoms with Crippen molar-refractivity contribution in [3.63, 3.8) is 0 Å². The van der Waals surface area contributed by atoms with Crippen molar-refractivity contribution in [1.29, 1.82) is 5.41 Å². The number of carbonyl (C=O) groups is 1. The maximum Gasteiger partial charge on any atom is 0.136 e. The van der Waals surface area contributed by atoms with Gasteiger partial charge in [0.15, 0.2) is 0 Å². The Morgan fingerprint density at radius 1 is 1.35 bits per heavy atom. The zero-order valence-corrected chi connectivity index (χ0v) is 12.2. The summed E-state index contributed by atoms with van der Waals surface area (Å²) < 4.78 is 0.685. The number of likely N-dealkylation sites (N-methyl/N-ethyl adjacent to an activating group) is 1. The SMILES string of the molecule is CN/C=C(/Br)C(=N)N(CCC=O)CCN(C)C. The monoisotopic (exact) mass is 304 g/mol. The van der Waals surface area contributed by atoms with Crippen molar-refractivity contribution in [3.05, 3.63) is 10.7 Å². The van der Waals surface area contributed by atoms with Crippen molar-refractivity contribution in [2.75, 3.05) is 40.8 Å². The molecule has 0 bridgehead atoms. The Labute approximate surface area is 111 Å². The van der Waals surface area contributed by atoms with Crippen LogP contribution in [0.4, 0.5) is 0 Å². The van der Waals surface area contributed by atoms with Gasteiger partial charge in [-0.05, 0) is 30.0 Å². The molecule has 0 aliphatic carbocycles. The summed E-state index contributed by atoms with van der Waals surface area (Å²) in [6, 6.07) is 0. The third kappa shape index (κ3) is 7.12. The second-order valence-corrected chi connectivity index (χ2v) is 4.73. The van der Waals surface area contributed by atoms with Gasteiger partial charge in [0, 0.05) is 39.3 Å². The van der Waals surface area contributed by atoms with Crippen molar-refractivity contribution in [1.82, 2.24) is 15.1 Å². The van der Waals surface area contributed by atoms with E-state index in [4.69, 9.17) is 5.41 Å². The second kappa shape index (κ2) is 9.18.